The van der Waals surface area contributed by atoms with Crippen molar-refractivity contribution in [2.75, 3.05) is 4.90 Å². The number of imide groups is 1. The van der Waals surface area contributed by atoms with Crippen LogP contribution in [0, 0.1) is 17.1 Å². The molecule has 5 nitrogen and oxygen atoms in total. The first-order valence-electron chi connectivity index (χ1n) is 7.41. The van der Waals surface area contributed by atoms with Gasteiger partial charge >= 0.3 is 6.03 Å². The van der Waals surface area contributed by atoms with Gasteiger partial charge < -0.3 is 0 Å². The van der Waals surface area contributed by atoms with Crippen molar-refractivity contribution in [3.05, 3.63) is 65.5 Å². The Morgan fingerprint density at radius 1 is 1.12 bits per heavy atom. The number of rotatable bonds is 3. The third-order valence-corrected chi connectivity index (χ3v) is 4.02. The lowest BCUT2D eigenvalue weighted by molar-refractivity contribution is -0.127. The molecule has 3 rings (SSSR count). The van der Waals surface area contributed by atoms with E-state index in [0.717, 1.165) is 4.90 Å². The first kappa shape index (κ1) is 15.7. The molecule has 24 heavy (non-hydrogen) atoms. The summed E-state index contributed by atoms with van der Waals surface area (Å²) >= 11 is 0. The molecule has 1 fully saturated rings. The molecule has 0 aromatic heterocycles. The minimum atomic E-state index is -0.683. The molecule has 0 aliphatic carbocycles. The van der Waals surface area contributed by atoms with Crippen molar-refractivity contribution in [3.63, 3.8) is 0 Å². The Labute approximate surface area is 138 Å². The SMILES string of the molecule is CC1C(=O)N(Cc2ccccc2C#N)C(=O)N1c1ccc(F)cc1. The number of urea groups is 1. The summed E-state index contributed by atoms with van der Waals surface area (Å²) in [6.07, 6.45) is 0. The summed E-state index contributed by atoms with van der Waals surface area (Å²) in [5, 5.41) is 9.15. The second-order valence-corrected chi connectivity index (χ2v) is 5.50. The van der Waals surface area contributed by atoms with Crippen LogP contribution in [0.5, 0.6) is 0 Å². The zero-order valence-corrected chi connectivity index (χ0v) is 12.9. The number of carbonyl (C=O) groups excluding carboxylic acids is 2. The molecule has 6 heteroatoms. The van der Waals surface area contributed by atoms with Gasteiger partial charge in [0.25, 0.3) is 5.91 Å². The van der Waals surface area contributed by atoms with E-state index in [1.807, 2.05) is 0 Å². The number of hydrogen-bond acceptors (Lipinski definition) is 3. The highest BCUT2D eigenvalue weighted by atomic mass is 19.1. The molecular weight excluding hydrogens is 309 g/mol. The molecule has 1 aliphatic rings. The van der Waals surface area contributed by atoms with E-state index in [2.05, 4.69) is 6.07 Å². The van der Waals surface area contributed by atoms with Gasteiger partial charge in [0.2, 0.25) is 0 Å². The summed E-state index contributed by atoms with van der Waals surface area (Å²) in [6.45, 7) is 1.66. The van der Waals surface area contributed by atoms with Gasteiger partial charge in [0.15, 0.2) is 0 Å². The number of halogens is 1. The van der Waals surface area contributed by atoms with E-state index in [9.17, 15) is 14.0 Å². The van der Waals surface area contributed by atoms with Gasteiger partial charge in [-0.15, -0.1) is 0 Å². The highest BCUT2D eigenvalue weighted by Gasteiger charge is 2.43. The number of amides is 3. The molecule has 1 heterocycles. The lowest BCUT2D eigenvalue weighted by Crippen LogP contribution is -2.33. The monoisotopic (exact) mass is 323 g/mol. The van der Waals surface area contributed by atoms with Gasteiger partial charge in [-0.05, 0) is 42.8 Å². The van der Waals surface area contributed by atoms with Crippen LogP contribution >= 0.6 is 0 Å². The largest absolute Gasteiger partial charge is 0.332 e. The van der Waals surface area contributed by atoms with Gasteiger partial charge in [0.1, 0.15) is 11.9 Å². The van der Waals surface area contributed by atoms with Crippen LogP contribution in [-0.4, -0.2) is 22.9 Å². The minimum Gasteiger partial charge on any atom is -0.282 e. The maximum Gasteiger partial charge on any atom is 0.332 e. The Morgan fingerprint density at radius 2 is 1.79 bits per heavy atom. The van der Waals surface area contributed by atoms with Crippen molar-refractivity contribution in [1.82, 2.24) is 4.90 Å². The predicted molar refractivity (Wildman–Crippen MR) is 85.4 cm³/mol. The fourth-order valence-corrected chi connectivity index (χ4v) is 2.74. The zero-order valence-electron chi connectivity index (χ0n) is 12.9. The van der Waals surface area contributed by atoms with Crippen molar-refractivity contribution >= 4 is 17.6 Å². The standard InChI is InChI=1S/C18H14FN3O2/c1-12-17(23)21(11-14-5-3-2-4-13(14)10-20)18(24)22(12)16-8-6-15(19)7-9-16/h2-9,12H,11H2,1H3. The summed E-state index contributed by atoms with van der Waals surface area (Å²) in [6, 6.07) is 13.1. The molecule has 0 saturated carbocycles. The fraction of sp³-hybridized carbons (Fsp3) is 0.167. The molecule has 3 amide bonds. The predicted octanol–water partition coefficient (Wildman–Crippen LogP) is 3.05. The summed E-state index contributed by atoms with van der Waals surface area (Å²) in [4.78, 5) is 27.6. The van der Waals surface area contributed by atoms with Crippen molar-refractivity contribution in [3.8, 4) is 6.07 Å². The van der Waals surface area contributed by atoms with Gasteiger partial charge in [0, 0.05) is 5.69 Å². The number of anilines is 1. The quantitative estimate of drug-likeness (QED) is 0.816. The Kier molecular flexibility index (Phi) is 4.00. The number of carbonyl (C=O) groups is 2. The molecule has 1 unspecified atom stereocenters. The molecule has 0 spiro atoms. The summed E-state index contributed by atoms with van der Waals surface area (Å²) < 4.78 is 13.1. The van der Waals surface area contributed by atoms with E-state index < -0.39 is 17.9 Å². The van der Waals surface area contributed by atoms with E-state index in [0.29, 0.717) is 16.8 Å². The Bertz CT molecular complexity index is 842. The lowest BCUT2D eigenvalue weighted by atomic mass is 10.1. The van der Waals surface area contributed by atoms with Crippen LogP contribution in [0.15, 0.2) is 48.5 Å². The van der Waals surface area contributed by atoms with E-state index in [1.165, 1.54) is 29.2 Å². The summed E-state index contributed by atoms with van der Waals surface area (Å²) in [7, 11) is 0. The maximum absolute atomic E-state index is 13.1. The average Bonchev–Trinajstić information content (AvgIpc) is 2.80. The zero-order chi connectivity index (χ0) is 17.3. The number of nitriles is 1. The van der Waals surface area contributed by atoms with E-state index >= 15 is 0 Å². The molecule has 1 atom stereocenters. The van der Waals surface area contributed by atoms with Crippen LogP contribution in [0.1, 0.15) is 18.1 Å². The first-order chi connectivity index (χ1) is 11.5. The molecule has 0 radical (unpaired) electrons. The summed E-state index contributed by atoms with van der Waals surface area (Å²) in [5.41, 5.74) is 1.49. The summed E-state index contributed by atoms with van der Waals surface area (Å²) in [5.74, 6) is -0.763. The molecule has 2 aromatic carbocycles. The molecular formula is C18H14FN3O2. The lowest BCUT2D eigenvalue weighted by Gasteiger charge is -2.19. The van der Waals surface area contributed by atoms with Crippen molar-refractivity contribution < 1.29 is 14.0 Å². The maximum atomic E-state index is 13.1. The van der Waals surface area contributed by atoms with Crippen LogP contribution < -0.4 is 4.90 Å². The Hall–Kier alpha value is -3.20. The Morgan fingerprint density at radius 3 is 2.46 bits per heavy atom. The molecule has 0 bridgehead atoms. The highest BCUT2D eigenvalue weighted by molar-refractivity contribution is 6.13. The first-order valence-corrected chi connectivity index (χ1v) is 7.41. The second-order valence-electron chi connectivity index (χ2n) is 5.50. The fourth-order valence-electron chi connectivity index (χ4n) is 2.74. The molecule has 1 saturated heterocycles. The minimum absolute atomic E-state index is 0.0312. The number of hydrogen-bond donors (Lipinski definition) is 0. The third-order valence-electron chi connectivity index (χ3n) is 4.02. The van der Waals surface area contributed by atoms with Gasteiger partial charge in [-0.1, -0.05) is 18.2 Å². The molecule has 2 aromatic rings. The van der Waals surface area contributed by atoms with Crippen molar-refractivity contribution in [2.45, 2.75) is 19.5 Å². The normalized spacial score (nSPS) is 17.3. The average molecular weight is 323 g/mol. The van der Waals surface area contributed by atoms with Crippen LogP contribution in [0.25, 0.3) is 0 Å². The van der Waals surface area contributed by atoms with E-state index in [-0.39, 0.29) is 12.5 Å². The Balaban J connectivity index is 1.91. The van der Waals surface area contributed by atoms with Gasteiger partial charge in [-0.25, -0.2) is 9.18 Å². The van der Waals surface area contributed by atoms with Crippen LogP contribution in [0.3, 0.4) is 0 Å². The van der Waals surface area contributed by atoms with Crippen LogP contribution in [0.4, 0.5) is 14.9 Å². The van der Waals surface area contributed by atoms with Crippen molar-refractivity contribution in [1.29, 1.82) is 5.26 Å². The third kappa shape index (κ3) is 2.61. The molecule has 0 N–H and O–H groups in total. The smallest absolute Gasteiger partial charge is 0.282 e. The van der Waals surface area contributed by atoms with Gasteiger partial charge in [-0.3, -0.25) is 14.6 Å². The van der Waals surface area contributed by atoms with Gasteiger partial charge in [-0.2, -0.15) is 5.26 Å². The van der Waals surface area contributed by atoms with E-state index in [1.54, 1.807) is 31.2 Å². The number of nitrogens with zero attached hydrogens (tertiary/aromatic N) is 3. The topological polar surface area (TPSA) is 64.4 Å². The second kappa shape index (κ2) is 6.13. The van der Waals surface area contributed by atoms with E-state index in [4.69, 9.17) is 5.26 Å². The van der Waals surface area contributed by atoms with Crippen LogP contribution in [0.2, 0.25) is 0 Å². The molecule has 120 valence electrons. The van der Waals surface area contributed by atoms with Crippen molar-refractivity contribution in [2.24, 2.45) is 0 Å². The van der Waals surface area contributed by atoms with Crippen LogP contribution in [-0.2, 0) is 11.3 Å². The van der Waals surface area contributed by atoms with Gasteiger partial charge in [0.05, 0.1) is 18.2 Å². The molecule has 1 aliphatic heterocycles. The number of benzene rings is 2. The highest BCUT2D eigenvalue weighted by Crippen LogP contribution is 2.27.